The molecular formula is C16H34N2O. The molecule has 3 heteroatoms. The van der Waals surface area contributed by atoms with Gasteiger partial charge in [0.15, 0.2) is 0 Å². The van der Waals surface area contributed by atoms with Gasteiger partial charge in [-0.05, 0) is 57.7 Å². The second-order valence-corrected chi connectivity index (χ2v) is 6.23. The maximum atomic E-state index is 10.5. The van der Waals surface area contributed by atoms with Crippen LogP contribution in [0.5, 0.6) is 0 Å². The summed E-state index contributed by atoms with van der Waals surface area (Å²) in [4.78, 5) is 2.59. The van der Waals surface area contributed by atoms with Gasteiger partial charge in [-0.15, -0.1) is 0 Å². The Kier molecular flexibility index (Phi) is 7.96. The first-order valence-electron chi connectivity index (χ1n) is 8.31. The highest BCUT2D eigenvalue weighted by atomic mass is 16.3. The third-order valence-corrected chi connectivity index (χ3v) is 4.73. The van der Waals surface area contributed by atoms with E-state index in [9.17, 15) is 5.11 Å². The largest absolute Gasteiger partial charge is 0.388 e. The molecule has 0 aromatic rings. The normalized spacial score (nSPS) is 27.3. The van der Waals surface area contributed by atoms with Crippen molar-refractivity contribution in [3.8, 4) is 0 Å². The van der Waals surface area contributed by atoms with E-state index in [1.807, 2.05) is 0 Å². The highest BCUT2D eigenvalue weighted by Gasteiger charge is 2.39. The molecule has 1 aliphatic carbocycles. The molecule has 0 saturated heterocycles. The Hall–Kier alpha value is -0.120. The maximum absolute atomic E-state index is 10.5. The van der Waals surface area contributed by atoms with Gasteiger partial charge in [-0.3, -0.25) is 0 Å². The SMILES string of the molecule is CCCCN(CCCC)CCC1CCCC1(O)CN. The third kappa shape index (κ3) is 5.41. The van der Waals surface area contributed by atoms with Gasteiger partial charge in [0, 0.05) is 6.54 Å². The smallest absolute Gasteiger partial charge is 0.0797 e. The van der Waals surface area contributed by atoms with Crippen LogP contribution in [0.15, 0.2) is 0 Å². The first-order valence-corrected chi connectivity index (χ1v) is 8.31. The summed E-state index contributed by atoms with van der Waals surface area (Å²) in [5.74, 6) is 0.420. The van der Waals surface area contributed by atoms with Crippen LogP contribution < -0.4 is 5.73 Å². The molecule has 2 unspecified atom stereocenters. The van der Waals surface area contributed by atoms with Crippen LogP contribution in [0.4, 0.5) is 0 Å². The summed E-state index contributed by atoms with van der Waals surface area (Å²) < 4.78 is 0. The minimum Gasteiger partial charge on any atom is -0.388 e. The Morgan fingerprint density at radius 2 is 1.79 bits per heavy atom. The Balaban J connectivity index is 2.37. The fourth-order valence-corrected chi connectivity index (χ4v) is 3.25. The van der Waals surface area contributed by atoms with Gasteiger partial charge in [0.2, 0.25) is 0 Å². The van der Waals surface area contributed by atoms with Crippen LogP contribution in [0.1, 0.15) is 65.2 Å². The van der Waals surface area contributed by atoms with Gasteiger partial charge >= 0.3 is 0 Å². The average molecular weight is 270 g/mol. The highest BCUT2D eigenvalue weighted by molar-refractivity contribution is 4.93. The summed E-state index contributed by atoms with van der Waals surface area (Å²) in [5, 5.41) is 10.5. The first-order chi connectivity index (χ1) is 9.16. The number of hydrogen-bond donors (Lipinski definition) is 2. The zero-order chi connectivity index (χ0) is 14.1. The predicted molar refractivity (Wildman–Crippen MR) is 82.2 cm³/mol. The van der Waals surface area contributed by atoms with E-state index >= 15 is 0 Å². The minimum atomic E-state index is -0.568. The van der Waals surface area contributed by atoms with Crippen molar-refractivity contribution in [3.05, 3.63) is 0 Å². The number of rotatable bonds is 10. The van der Waals surface area contributed by atoms with E-state index in [4.69, 9.17) is 5.73 Å². The molecule has 114 valence electrons. The van der Waals surface area contributed by atoms with Gasteiger partial charge in [0.25, 0.3) is 0 Å². The van der Waals surface area contributed by atoms with Crippen molar-refractivity contribution in [2.24, 2.45) is 11.7 Å². The molecule has 0 radical (unpaired) electrons. The van der Waals surface area contributed by atoms with Gasteiger partial charge in [0.05, 0.1) is 5.60 Å². The van der Waals surface area contributed by atoms with Crippen LogP contribution in [-0.4, -0.2) is 41.8 Å². The molecule has 3 N–H and O–H groups in total. The molecule has 1 aliphatic rings. The standard InChI is InChI=1S/C16H34N2O/c1-3-5-11-18(12-6-4-2)13-9-15-8-7-10-16(15,19)14-17/h15,19H,3-14,17H2,1-2H3. The summed E-state index contributed by atoms with van der Waals surface area (Å²) in [7, 11) is 0. The van der Waals surface area contributed by atoms with Gasteiger partial charge in [-0.25, -0.2) is 0 Å². The minimum absolute atomic E-state index is 0.420. The molecule has 19 heavy (non-hydrogen) atoms. The lowest BCUT2D eigenvalue weighted by atomic mass is 9.88. The number of hydrogen-bond acceptors (Lipinski definition) is 3. The second kappa shape index (κ2) is 8.93. The monoisotopic (exact) mass is 270 g/mol. The molecule has 1 fully saturated rings. The van der Waals surface area contributed by atoms with Crippen LogP contribution >= 0.6 is 0 Å². The predicted octanol–water partition coefficient (Wildman–Crippen LogP) is 2.77. The Labute approximate surface area is 119 Å². The zero-order valence-corrected chi connectivity index (χ0v) is 13.0. The van der Waals surface area contributed by atoms with E-state index < -0.39 is 5.60 Å². The molecule has 0 aliphatic heterocycles. The van der Waals surface area contributed by atoms with Crippen LogP contribution in [0.3, 0.4) is 0 Å². The van der Waals surface area contributed by atoms with Crippen LogP contribution in [-0.2, 0) is 0 Å². The van der Waals surface area contributed by atoms with E-state index in [0.29, 0.717) is 12.5 Å². The van der Waals surface area contributed by atoms with Crippen molar-refractivity contribution in [1.29, 1.82) is 0 Å². The summed E-state index contributed by atoms with van der Waals surface area (Å²) in [6.45, 7) is 8.49. The summed E-state index contributed by atoms with van der Waals surface area (Å²) in [5.41, 5.74) is 5.19. The second-order valence-electron chi connectivity index (χ2n) is 6.23. The van der Waals surface area contributed by atoms with E-state index in [1.165, 1.54) is 38.8 Å². The maximum Gasteiger partial charge on any atom is 0.0797 e. The van der Waals surface area contributed by atoms with E-state index in [2.05, 4.69) is 18.7 Å². The number of nitrogens with zero attached hydrogens (tertiary/aromatic N) is 1. The molecule has 0 heterocycles. The summed E-state index contributed by atoms with van der Waals surface area (Å²) in [6.07, 6.45) is 9.41. The summed E-state index contributed by atoms with van der Waals surface area (Å²) >= 11 is 0. The lowest BCUT2D eigenvalue weighted by Crippen LogP contribution is -2.42. The van der Waals surface area contributed by atoms with Crippen LogP contribution in [0.2, 0.25) is 0 Å². The fraction of sp³-hybridized carbons (Fsp3) is 1.00. The van der Waals surface area contributed by atoms with Gasteiger partial charge < -0.3 is 15.7 Å². The number of nitrogens with two attached hydrogens (primary N) is 1. The van der Waals surface area contributed by atoms with Crippen molar-refractivity contribution in [2.45, 2.75) is 70.8 Å². The lowest BCUT2D eigenvalue weighted by Gasteiger charge is -2.31. The zero-order valence-electron chi connectivity index (χ0n) is 13.0. The molecule has 0 amide bonds. The van der Waals surface area contributed by atoms with Gasteiger partial charge in [-0.2, -0.15) is 0 Å². The molecule has 1 rings (SSSR count). The third-order valence-electron chi connectivity index (χ3n) is 4.73. The quantitative estimate of drug-likeness (QED) is 0.642. The van der Waals surface area contributed by atoms with Crippen molar-refractivity contribution in [3.63, 3.8) is 0 Å². The van der Waals surface area contributed by atoms with Crippen molar-refractivity contribution < 1.29 is 5.11 Å². The van der Waals surface area contributed by atoms with E-state index in [0.717, 1.165) is 32.2 Å². The fourth-order valence-electron chi connectivity index (χ4n) is 3.25. The summed E-state index contributed by atoms with van der Waals surface area (Å²) in [6, 6.07) is 0. The molecule has 3 nitrogen and oxygen atoms in total. The van der Waals surface area contributed by atoms with Crippen LogP contribution in [0.25, 0.3) is 0 Å². The van der Waals surface area contributed by atoms with Crippen molar-refractivity contribution >= 4 is 0 Å². The number of aliphatic hydroxyl groups is 1. The molecule has 0 aromatic carbocycles. The number of unbranched alkanes of at least 4 members (excludes halogenated alkanes) is 2. The van der Waals surface area contributed by atoms with E-state index in [1.54, 1.807) is 0 Å². The first kappa shape index (κ1) is 16.9. The van der Waals surface area contributed by atoms with Gasteiger partial charge in [0.1, 0.15) is 0 Å². The lowest BCUT2D eigenvalue weighted by molar-refractivity contribution is 0.00447. The average Bonchev–Trinajstić information content (AvgIpc) is 2.80. The van der Waals surface area contributed by atoms with Gasteiger partial charge in [-0.1, -0.05) is 33.1 Å². The van der Waals surface area contributed by atoms with E-state index in [-0.39, 0.29) is 0 Å². The molecular weight excluding hydrogens is 236 g/mol. The molecule has 0 bridgehead atoms. The van der Waals surface area contributed by atoms with Crippen molar-refractivity contribution in [2.75, 3.05) is 26.2 Å². The Morgan fingerprint density at radius 3 is 2.32 bits per heavy atom. The topological polar surface area (TPSA) is 49.5 Å². The molecule has 1 saturated carbocycles. The molecule has 2 atom stereocenters. The molecule has 0 spiro atoms. The highest BCUT2D eigenvalue weighted by Crippen LogP contribution is 2.37. The van der Waals surface area contributed by atoms with Crippen LogP contribution in [0, 0.1) is 5.92 Å². The molecule has 0 aromatic heterocycles. The Morgan fingerprint density at radius 1 is 1.16 bits per heavy atom. The Bertz CT molecular complexity index is 227. The van der Waals surface area contributed by atoms with Crippen molar-refractivity contribution in [1.82, 2.24) is 4.90 Å².